The zero-order chi connectivity index (χ0) is 10.8. The fourth-order valence-electron chi connectivity index (χ4n) is 1.08. The van der Waals surface area contributed by atoms with E-state index >= 15 is 0 Å². The largest absolute Gasteiger partial charge is 0.379 e. The maximum atomic E-state index is 5.50. The van der Waals surface area contributed by atoms with Crippen LogP contribution in [0.4, 0.5) is 0 Å². The van der Waals surface area contributed by atoms with Gasteiger partial charge in [0.2, 0.25) is 0 Å². The Labute approximate surface area is 88.2 Å². The van der Waals surface area contributed by atoms with Crippen LogP contribution in [-0.4, -0.2) is 39.5 Å². The summed E-state index contributed by atoms with van der Waals surface area (Å²) in [5.41, 5.74) is 0. The monoisotopic (exact) mass is 203 g/mol. The van der Waals surface area contributed by atoms with Gasteiger partial charge in [-0.25, -0.2) is 0 Å². The first-order chi connectivity index (χ1) is 6.66. The van der Waals surface area contributed by atoms with Crippen molar-refractivity contribution in [3.8, 4) is 0 Å². The Morgan fingerprint density at radius 2 is 1.79 bits per heavy atom. The first-order valence-electron chi connectivity index (χ1n) is 5.50. The third kappa shape index (κ3) is 9.96. The van der Waals surface area contributed by atoms with Gasteiger partial charge in [-0.15, -0.1) is 0 Å². The van der Waals surface area contributed by atoms with Crippen LogP contribution in [0.25, 0.3) is 0 Å². The van der Waals surface area contributed by atoms with Crippen LogP contribution in [0.2, 0.25) is 0 Å². The van der Waals surface area contributed by atoms with Crippen LogP contribution in [-0.2, 0) is 9.47 Å². The highest BCUT2D eigenvalue weighted by Gasteiger charge is 1.99. The minimum Gasteiger partial charge on any atom is -0.379 e. The molecule has 0 aromatic heterocycles. The highest BCUT2D eigenvalue weighted by Crippen LogP contribution is 1.98. The Morgan fingerprint density at radius 3 is 2.36 bits per heavy atom. The molecule has 0 aliphatic heterocycles. The quantitative estimate of drug-likeness (QED) is 0.578. The molecule has 0 saturated heterocycles. The standard InChI is InChI=1S/C11H25NO2/c1-10(2)5-6-13-7-8-14-11(3)9-12-4/h10-12H,5-9H2,1-4H3. The van der Waals surface area contributed by atoms with E-state index in [0.717, 1.165) is 25.5 Å². The summed E-state index contributed by atoms with van der Waals surface area (Å²) >= 11 is 0. The van der Waals surface area contributed by atoms with Crippen LogP contribution in [0.5, 0.6) is 0 Å². The summed E-state index contributed by atoms with van der Waals surface area (Å²) in [5, 5.41) is 3.07. The average molecular weight is 203 g/mol. The normalized spacial score (nSPS) is 13.5. The second-order valence-electron chi connectivity index (χ2n) is 4.03. The van der Waals surface area contributed by atoms with Crippen molar-refractivity contribution in [1.82, 2.24) is 5.32 Å². The molecule has 0 aromatic carbocycles. The topological polar surface area (TPSA) is 30.5 Å². The Balaban J connectivity index is 3.05. The van der Waals surface area contributed by atoms with Crippen LogP contribution in [0, 0.1) is 5.92 Å². The van der Waals surface area contributed by atoms with Gasteiger partial charge in [0.15, 0.2) is 0 Å². The van der Waals surface area contributed by atoms with E-state index in [9.17, 15) is 0 Å². The fourth-order valence-corrected chi connectivity index (χ4v) is 1.08. The third-order valence-electron chi connectivity index (χ3n) is 1.96. The van der Waals surface area contributed by atoms with E-state index in [4.69, 9.17) is 9.47 Å². The van der Waals surface area contributed by atoms with Crippen molar-refractivity contribution < 1.29 is 9.47 Å². The lowest BCUT2D eigenvalue weighted by atomic mass is 10.1. The van der Waals surface area contributed by atoms with Gasteiger partial charge in [0, 0.05) is 13.2 Å². The lowest BCUT2D eigenvalue weighted by Crippen LogP contribution is -2.25. The second-order valence-corrected chi connectivity index (χ2v) is 4.03. The van der Waals surface area contributed by atoms with Crippen molar-refractivity contribution in [2.24, 2.45) is 5.92 Å². The zero-order valence-corrected chi connectivity index (χ0v) is 10.0. The lowest BCUT2D eigenvalue weighted by Gasteiger charge is -2.12. The molecule has 86 valence electrons. The first-order valence-corrected chi connectivity index (χ1v) is 5.50. The van der Waals surface area contributed by atoms with Gasteiger partial charge in [-0.05, 0) is 26.3 Å². The molecule has 14 heavy (non-hydrogen) atoms. The highest BCUT2D eigenvalue weighted by molar-refractivity contribution is 4.51. The molecule has 3 nitrogen and oxygen atoms in total. The number of hydrogen-bond acceptors (Lipinski definition) is 3. The minimum atomic E-state index is 0.272. The van der Waals surface area contributed by atoms with E-state index in [1.807, 2.05) is 7.05 Å². The molecule has 0 bridgehead atoms. The number of likely N-dealkylation sites (N-methyl/N-ethyl adjacent to an activating group) is 1. The molecule has 0 fully saturated rings. The predicted molar refractivity (Wildman–Crippen MR) is 59.6 cm³/mol. The van der Waals surface area contributed by atoms with Crippen LogP contribution in [0.1, 0.15) is 27.2 Å². The molecule has 1 atom stereocenters. The van der Waals surface area contributed by atoms with Crippen molar-refractivity contribution in [3.63, 3.8) is 0 Å². The van der Waals surface area contributed by atoms with Gasteiger partial charge in [0.1, 0.15) is 0 Å². The van der Waals surface area contributed by atoms with Gasteiger partial charge >= 0.3 is 0 Å². The van der Waals surface area contributed by atoms with Crippen LogP contribution in [0.15, 0.2) is 0 Å². The summed E-state index contributed by atoms with van der Waals surface area (Å²) in [6, 6.07) is 0. The van der Waals surface area contributed by atoms with E-state index in [1.165, 1.54) is 0 Å². The molecule has 0 amide bonds. The summed E-state index contributed by atoms with van der Waals surface area (Å²) in [7, 11) is 1.93. The molecule has 0 rings (SSSR count). The van der Waals surface area contributed by atoms with Gasteiger partial charge < -0.3 is 14.8 Å². The number of ether oxygens (including phenoxy) is 2. The smallest absolute Gasteiger partial charge is 0.0704 e. The molecule has 0 heterocycles. The molecular weight excluding hydrogens is 178 g/mol. The first kappa shape index (κ1) is 13.9. The average Bonchev–Trinajstić information content (AvgIpc) is 2.11. The maximum absolute atomic E-state index is 5.50. The second kappa shape index (κ2) is 9.44. The molecule has 1 unspecified atom stereocenters. The molecule has 0 saturated carbocycles. The molecule has 1 N–H and O–H groups in total. The molecule has 0 aliphatic carbocycles. The summed E-state index contributed by atoms with van der Waals surface area (Å²) in [5.74, 6) is 0.721. The summed E-state index contributed by atoms with van der Waals surface area (Å²) in [6.45, 7) is 9.61. The number of nitrogens with one attached hydrogen (secondary N) is 1. The van der Waals surface area contributed by atoms with Gasteiger partial charge in [0.25, 0.3) is 0 Å². The minimum absolute atomic E-state index is 0.272. The van der Waals surface area contributed by atoms with Crippen LogP contribution in [0.3, 0.4) is 0 Å². The number of hydrogen-bond donors (Lipinski definition) is 1. The Bertz CT molecular complexity index is 118. The van der Waals surface area contributed by atoms with Crippen molar-refractivity contribution in [3.05, 3.63) is 0 Å². The maximum Gasteiger partial charge on any atom is 0.0704 e. The van der Waals surface area contributed by atoms with E-state index in [-0.39, 0.29) is 6.10 Å². The van der Waals surface area contributed by atoms with Crippen molar-refractivity contribution >= 4 is 0 Å². The predicted octanol–water partition coefficient (Wildman–Crippen LogP) is 1.67. The van der Waals surface area contributed by atoms with Gasteiger partial charge in [-0.3, -0.25) is 0 Å². The molecule has 3 heteroatoms. The molecule has 0 radical (unpaired) electrons. The van der Waals surface area contributed by atoms with Gasteiger partial charge in [0.05, 0.1) is 19.3 Å². The molecule has 0 aromatic rings. The third-order valence-corrected chi connectivity index (χ3v) is 1.96. The summed E-state index contributed by atoms with van der Waals surface area (Å²) < 4.78 is 10.9. The van der Waals surface area contributed by atoms with Gasteiger partial charge in [-0.1, -0.05) is 13.8 Å². The highest BCUT2D eigenvalue weighted by atomic mass is 16.5. The van der Waals surface area contributed by atoms with Crippen molar-refractivity contribution in [2.75, 3.05) is 33.4 Å². The Morgan fingerprint density at radius 1 is 1.07 bits per heavy atom. The van der Waals surface area contributed by atoms with E-state index in [0.29, 0.717) is 13.2 Å². The fraction of sp³-hybridized carbons (Fsp3) is 1.00. The Kier molecular flexibility index (Phi) is 9.35. The molecular formula is C11H25NO2. The van der Waals surface area contributed by atoms with E-state index in [2.05, 4.69) is 26.1 Å². The van der Waals surface area contributed by atoms with E-state index < -0.39 is 0 Å². The van der Waals surface area contributed by atoms with Crippen LogP contribution < -0.4 is 5.32 Å². The molecule has 0 aliphatic rings. The van der Waals surface area contributed by atoms with Crippen molar-refractivity contribution in [2.45, 2.75) is 33.3 Å². The summed E-state index contributed by atoms with van der Waals surface area (Å²) in [4.78, 5) is 0. The SMILES string of the molecule is CNCC(C)OCCOCCC(C)C. The zero-order valence-electron chi connectivity index (χ0n) is 10.0. The van der Waals surface area contributed by atoms with Crippen molar-refractivity contribution in [1.29, 1.82) is 0 Å². The Hall–Kier alpha value is -0.120. The van der Waals surface area contributed by atoms with Crippen LogP contribution >= 0.6 is 0 Å². The number of rotatable bonds is 9. The van der Waals surface area contributed by atoms with Gasteiger partial charge in [-0.2, -0.15) is 0 Å². The lowest BCUT2D eigenvalue weighted by molar-refractivity contribution is 0.0113. The van der Waals surface area contributed by atoms with E-state index in [1.54, 1.807) is 0 Å². The summed E-state index contributed by atoms with van der Waals surface area (Å²) in [6.07, 6.45) is 1.40. The molecule has 0 spiro atoms.